The highest BCUT2D eigenvalue weighted by molar-refractivity contribution is 7.89. The minimum atomic E-state index is -3.30. The Morgan fingerprint density at radius 1 is 1.30 bits per heavy atom. The second kappa shape index (κ2) is 6.71. The number of carbonyl (C=O) groups is 1. The van der Waals surface area contributed by atoms with Crippen LogP contribution in [0.3, 0.4) is 0 Å². The predicted molar refractivity (Wildman–Crippen MR) is 80.5 cm³/mol. The summed E-state index contributed by atoms with van der Waals surface area (Å²) in [6.45, 7) is 2.02. The zero-order valence-corrected chi connectivity index (χ0v) is 13.0. The van der Waals surface area contributed by atoms with Crippen LogP contribution in [0.4, 0.5) is 5.69 Å². The van der Waals surface area contributed by atoms with Crippen molar-refractivity contribution in [2.24, 2.45) is 0 Å². The largest absolute Gasteiger partial charge is 0.387 e. The van der Waals surface area contributed by atoms with Crippen LogP contribution in [0.2, 0.25) is 0 Å². The van der Waals surface area contributed by atoms with E-state index in [9.17, 15) is 13.2 Å². The summed E-state index contributed by atoms with van der Waals surface area (Å²) in [5.41, 5.74) is 2.26. The highest BCUT2D eigenvalue weighted by Crippen LogP contribution is 2.16. The first-order chi connectivity index (χ1) is 9.27. The SMILES string of the molecule is CNc1cc(C)ccc1C(=O)NCCS(=O)(=O)N(C)C. The third-order valence-corrected chi connectivity index (χ3v) is 4.72. The second-order valence-corrected chi connectivity index (χ2v) is 6.96. The molecule has 0 aliphatic carbocycles. The monoisotopic (exact) mass is 299 g/mol. The molecule has 0 saturated carbocycles. The lowest BCUT2D eigenvalue weighted by atomic mass is 10.1. The molecule has 2 N–H and O–H groups in total. The van der Waals surface area contributed by atoms with Crippen molar-refractivity contribution in [3.63, 3.8) is 0 Å². The molecular formula is C13H21N3O3S. The Hall–Kier alpha value is -1.60. The molecule has 0 radical (unpaired) electrons. The molecule has 0 bridgehead atoms. The minimum Gasteiger partial charge on any atom is -0.387 e. The smallest absolute Gasteiger partial charge is 0.253 e. The lowest BCUT2D eigenvalue weighted by Gasteiger charge is -2.13. The van der Waals surface area contributed by atoms with Crippen LogP contribution in [0.15, 0.2) is 18.2 Å². The number of anilines is 1. The summed E-state index contributed by atoms with van der Waals surface area (Å²) in [6.07, 6.45) is 0. The molecule has 0 fully saturated rings. The molecule has 0 aliphatic rings. The quantitative estimate of drug-likeness (QED) is 0.809. The molecule has 0 atom stereocenters. The molecule has 0 aliphatic heterocycles. The minimum absolute atomic E-state index is 0.0797. The van der Waals surface area contributed by atoms with Gasteiger partial charge < -0.3 is 10.6 Å². The van der Waals surface area contributed by atoms with Gasteiger partial charge in [-0.1, -0.05) is 6.07 Å². The predicted octanol–water partition coefficient (Wildman–Crippen LogP) is 0.658. The van der Waals surface area contributed by atoms with Gasteiger partial charge in [-0.05, 0) is 24.6 Å². The van der Waals surface area contributed by atoms with E-state index in [1.165, 1.54) is 14.1 Å². The van der Waals surface area contributed by atoms with Crippen molar-refractivity contribution in [3.8, 4) is 0 Å². The van der Waals surface area contributed by atoms with Gasteiger partial charge in [-0.25, -0.2) is 12.7 Å². The fourth-order valence-electron chi connectivity index (χ4n) is 1.63. The van der Waals surface area contributed by atoms with Crippen LogP contribution >= 0.6 is 0 Å². The summed E-state index contributed by atoms with van der Waals surface area (Å²) >= 11 is 0. The summed E-state index contributed by atoms with van der Waals surface area (Å²) in [6, 6.07) is 5.43. The molecule has 1 amide bonds. The van der Waals surface area contributed by atoms with E-state index in [1.54, 1.807) is 13.1 Å². The van der Waals surface area contributed by atoms with E-state index in [2.05, 4.69) is 10.6 Å². The van der Waals surface area contributed by atoms with Gasteiger partial charge in [0.15, 0.2) is 0 Å². The van der Waals surface area contributed by atoms with Gasteiger partial charge in [-0.15, -0.1) is 0 Å². The average Bonchev–Trinajstić information content (AvgIpc) is 2.37. The lowest BCUT2D eigenvalue weighted by molar-refractivity contribution is 0.0957. The van der Waals surface area contributed by atoms with Gasteiger partial charge in [0, 0.05) is 33.4 Å². The van der Waals surface area contributed by atoms with E-state index in [0.29, 0.717) is 5.56 Å². The van der Waals surface area contributed by atoms with Crippen molar-refractivity contribution < 1.29 is 13.2 Å². The third-order valence-electron chi connectivity index (χ3n) is 2.89. The molecule has 0 spiro atoms. The number of hydrogen-bond acceptors (Lipinski definition) is 4. The van der Waals surface area contributed by atoms with E-state index in [0.717, 1.165) is 15.6 Å². The Morgan fingerprint density at radius 2 is 1.95 bits per heavy atom. The first-order valence-corrected chi connectivity index (χ1v) is 7.85. The van der Waals surface area contributed by atoms with Crippen molar-refractivity contribution in [1.82, 2.24) is 9.62 Å². The Labute approximate surface area is 120 Å². The summed E-state index contributed by atoms with van der Waals surface area (Å²) < 4.78 is 24.3. The van der Waals surface area contributed by atoms with Crippen LogP contribution in [0.5, 0.6) is 0 Å². The topological polar surface area (TPSA) is 78.5 Å². The molecule has 6 nitrogen and oxygen atoms in total. The maximum Gasteiger partial charge on any atom is 0.253 e. The van der Waals surface area contributed by atoms with Crippen LogP contribution in [0.1, 0.15) is 15.9 Å². The van der Waals surface area contributed by atoms with E-state index >= 15 is 0 Å². The molecule has 1 aromatic rings. The van der Waals surface area contributed by atoms with Crippen LogP contribution in [-0.4, -0.2) is 52.1 Å². The van der Waals surface area contributed by atoms with E-state index < -0.39 is 10.0 Å². The molecular weight excluding hydrogens is 278 g/mol. The van der Waals surface area contributed by atoms with Crippen LogP contribution in [0.25, 0.3) is 0 Å². The Kier molecular flexibility index (Phi) is 5.52. The van der Waals surface area contributed by atoms with Gasteiger partial charge in [0.05, 0.1) is 11.3 Å². The van der Waals surface area contributed by atoms with Gasteiger partial charge >= 0.3 is 0 Å². The van der Waals surface area contributed by atoms with Crippen LogP contribution in [-0.2, 0) is 10.0 Å². The molecule has 20 heavy (non-hydrogen) atoms. The number of hydrogen-bond donors (Lipinski definition) is 2. The zero-order valence-electron chi connectivity index (χ0n) is 12.2. The van der Waals surface area contributed by atoms with Gasteiger partial charge in [0.1, 0.15) is 0 Å². The molecule has 1 rings (SSSR count). The fourth-order valence-corrected chi connectivity index (χ4v) is 2.36. The molecule has 1 aromatic carbocycles. The number of amides is 1. The number of carbonyl (C=O) groups excluding carboxylic acids is 1. The van der Waals surface area contributed by atoms with Crippen molar-refractivity contribution in [1.29, 1.82) is 0 Å². The van der Waals surface area contributed by atoms with Gasteiger partial charge in [0.2, 0.25) is 10.0 Å². The van der Waals surface area contributed by atoms with E-state index in [1.807, 2.05) is 19.1 Å². The summed E-state index contributed by atoms with van der Waals surface area (Å²) in [5, 5.41) is 5.57. The van der Waals surface area contributed by atoms with Crippen molar-refractivity contribution in [2.75, 3.05) is 38.8 Å². The maximum absolute atomic E-state index is 12.0. The van der Waals surface area contributed by atoms with Crippen LogP contribution < -0.4 is 10.6 Å². The highest BCUT2D eigenvalue weighted by atomic mass is 32.2. The number of sulfonamides is 1. The first kappa shape index (κ1) is 16.5. The molecule has 0 aromatic heterocycles. The molecule has 0 unspecified atom stereocenters. The van der Waals surface area contributed by atoms with Crippen molar-refractivity contribution in [3.05, 3.63) is 29.3 Å². The lowest BCUT2D eigenvalue weighted by Crippen LogP contribution is -2.34. The molecule has 7 heteroatoms. The number of rotatable bonds is 6. The van der Waals surface area contributed by atoms with E-state index in [4.69, 9.17) is 0 Å². The van der Waals surface area contributed by atoms with Gasteiger partial charge in [-0.2, -0.15) is 0 Å². The standard InChI is InChI=1S/C13H21N3O3S/c1-10-5-6-11(12(9-10)14-2)13(17)15-7-8-20(18,19)16(3)4/h5-6,9,14H,7-8H2,1-4H3,(H,15,17). The number of aryl methyl sites for hydroxylation is 1. The molecule has 0 heterocycles. The zero-order chi connectivity index (χ0) is 15.3. The summed E-state index contributed by atoms with van der Waals surface area (Å²) in [7, 11) is 1.38. The Bertz CT molecular complexity index is 583. The van der Waals surface area contributed by atoms with Gasteiger partial charge in [-0.3, -0.25) is 4.79 Å². The summed E-state index contributed by atoms with van der Waals surface area (Å²) in [5.74, 6) is -0.407. The highest BCUT2D eigenvalue weighted by Gasteiger charge is 2.15. The number of benzene rings is 1. The normalized spacial score (nSPS) is 11.4. The van der Waals surface area contributed by atoms with Crippen molar-refractivity contribution in [2.45, 2.75) is 6.92 Å². The number of nitrogens with one attached hydrogen (secondary N) is 2. The van der Waals surface area contributed by atoms with Gasteiger partial charge in [0.25, 0.3) is 5.91 Å². The Morgan fingerprint density at radius 3 is 2.50 bits per heavy atom. The maximum atomic E-state index is 12.0. The summed E-state index contributed by atoms with van der Waals surface area (Å²) in [4.78, 5) is 12.0. The van der Waals surface area contributed by atoms with Crippen LogP contribution in [0, 0.1) is 6.92 Å². The molecule has 112 valence electrons. The fraction of sp³-hybridized carbons (Fsp3) is 0.462. The first-order valence-electron chi connectivity index (χ1n) is 6.24. The number of nitrogens with zero attached hydrogens (tertiary/aromatic N) is 1. The third kappa shape index (κ3) is 4.21. The Balaban J connectivity index is 2.69. The van der Waals surface area contributed by atoms with E-state index in [-0.39, 0.29) is 18.2 Å². The van der Waals surface area contributed by atoms with Crippen molar-refractivity contribution >= 4 is 21.6 Å². The average molecular weight is 299 g/mol. The second-order valence-electron chi connectivity index (χ2n) is 4.65. The molecule has 0 saturated heterocycles.